The van der Waals surface area contributed by atoms with Crippen LogP contribution in [-0.2, 0) is 7.05 Å². The Labute approximate surface area is 131 Å². The Morgan fingerprint density at radius 1 is 1.00 bits per heavy atom. The highest BCUT2D eigenvalue weighted by molar-refractivity contribution is 14.1. The van der Waals surface area contributed by atoms with Crippen LogP contribution < -0.4 is 5.56 Å². The van der Waals surface area contributed by atoms with E-state index in [0.29, 0.717) is 0 Å². The molecule has 0 aliphatic carbocycles. The van der Waals surface area contributed by atoms with Crippen molar-refractivity contribution in [1.29, 1.82) is 0 Å². The lowest BCUT2D eigenvalue weighted by Gasteiger charge is -2.14. The van der Waals surface area contributed by atoms with E-state index >= 15 is 0 Å². The molecule has 1 heterocycles. The molecule has 0 unspecified atom stereocenters. The molecule has 3 aromatic rings. The van der Waals surface area contributed by atoms with Crippen LogP contribution in [0.3, 0.4) is 0 Å². The van der Waals surface area contributed by atoms with Crippen LogP contribution in [0.1, 0.15) is 5.56 Å². The second-order valence-corrected chi connectivity index (χ2v) is 5.97. The molecule has 0 aliphatic heterocycles. The van der Waals surface area contributed by atoms with Crippen LogP contribution in [0.2, 0.25) is 0 Å². The number of hydrogen-bond acceptors (Lipinski definition) is 1. The number of halogens is 1. The number of aromatic nitrogens is 1. The third kappa shape index (κ3) is 1.97. The van der Waals surface area contributed by atoms with Crippen LogP contribution in [0.15, 0.2) is 53.3 Å². The van der Waals surface area contributed by atoms with E-state index in [1.807, 2.05) is 44.3 Å². The fraction of sp³-hybridized carbons (Fsp3) is 0.118. The van der Waals surface area contributed by atoms with E-state index in [0.717, 1.165) is 31.2 Å². The van der Waals surface area contributed by atoms with Crippen LogP contribution in [0.4, 0.5) is 0 Å². The Kier molecular flexibility index (Phi) is 3.38. The summed E-state index contributed by atoms with van der Waals surface area (Å²) in [6.45, 7) is 2.05. The first-order valence-electron chi connectivity index (χ1n) is 6.44. The molecule has 3 rings (SSSR count). The highest BCUT2D eigenvalue weighted by atomic mass is 127. The van der Waals surface area contributed by atoms with E-state index in [2.05, 4.69) is 40.8 Å². The summed E-state index contributed by atoms with van der Waals surface area (Å²) in [6, 6.07) is 16.3. The Morgan fingerprint density at radius 2 is 1.70 bits per heavy atom. The van der Waals surface area contributed by atoms with Gasteiger partial charge >= 0.3 is 0 Å². The third-order valence-corrected chi connectivity index (χ3v) is 4.62. The van der Waals surface area contributed by atoms with E-state index in [1.54, 1.807) is 4.57 Å². The molecule has 0 N–H and O–H groups in total. The summed E-state index contributed by atoms with van der Waals surface area (Å²) in [5.74, 6) is 0. The van der Waals surface area contributed by atoms with Gasteiger partial charge in [0.15, 0.2) is 0 Å². The van der Waals surface area contributed by atoms with Gasteiger partial charge in [-0.3, -0.25) is 4.79 Å². The zero-order valence-corrected chi connectivity index (χ0v) is 13.5. The van der Waals surface area contributed by atoms with Crippen molar-refractivity contribution in [3.8, 4) is 11.1 Å². The molecule has 1 aromatic heterocycles. The summed E-state index contributed by atoms with van der Waals surface area (Å²) in [7, 11) is 1.84. The number of rotatable bonds is 1. The molecular weight excluding hydrogens is 361 g/mol. The minimum Gasteiger partial charge on any atom is -0.310 e. The molecule has 0 aliphatic rings. The lowest BCUT2D eigenvalue weighted by atomic mass is 9.99. The summed E-state index contributed by atoms with van der Waals surface area (Å²) in [5, 5.41) is 1.13. The monoisotopic (exact) mass is 375 g/mol. The summed E-state index contributed by atoms with van der Waals surface area (Å²) in [6.07, 6.45) is 0. The van der Waals surface area contributed by atoms with Crippen molar-refractivity contribution in [2.75, 3.05) is 0 Å². The Balaban J connectivity index is 2.56. The highest BCUT2D eigenvalue weighted by Crippen LogP contribution is 2.31. The van der Waals surface area contributed by atoms with Gasteiger partial charge in [-0.25, -0.2) is 0 Å². The molecule has 100 valence electrons. The number of pyridine rings is 1. The molecule has 2 nitrogen and oxygen atoms in total. The summed E-state index contributed by atoms with van der Waals surface area (Å²) in [5.41, 5.74) is 4.32. The van der Waals surface area contributed by atoms with Gasteiger partial charge in [0.2, 0.25) is 0 Å². The molecule has 0 spiro atoms. The average molecular weight is 375 g/mol. The van der Waals surface area contributed by atoms with E-state index < -0.39 is 0 Å². The highest BCUT2D eigenvalue weighted by Gasteiger charge is 2.15. The maximum Gasteiger partial charge on any atom is 0.264 e. The predicted octanol–water partition coefficient (Wildman–Crippen LogP) is 4.12. The first-order chi connectivity index (χ1) is 9.61. The van der Waals surface area contributed by atoms with Gasteiger partial charge in [0, 0.05) is 18.0 Å². The molecular formula is C17H14INO. The zero-order chi connectivity index (χ0) is 14.3. The van der Waals surface area contributed by atoms with Gasteiger partial charge in [-0.2, -0.15) is 0 Å². The number of para-hydroxylation sites is 1. The smallest absolute Gasteiger partial charge is 0.264 e. The summed E-state index contributed by atoms with van der Waals surface area (Å²) in [4.78, 5) is 12.5. The van der Waals surface area contributed by atoms with Gasteiger partial charge < -0.3 is 4.57 Å². The number of nitrogens with zero attached hydrogens (tertiary/aromatic N) is 1. The van der Waals surface area contributed by atoms with Gasteiger partial charge in [-0.05, 0) is 40.6 Å². The Morgan fingerprint density at radius 3 is 2.40 bits per heavy atom. The van der Waals surface area contributed by atoms with E-state index in [-0.39, 0.29) is 5.56 Å². The SMILES string of the molecule is Cc1cccc2c(-c3ccccc3)c(I)c(=O)n(C)c12. The van der Waals surface area contributed by atoms with Crippen LogP contribution in [0, 0.1) is 10.5 Å². The molecule has 2 aromatic carbocycles. The van der Waals surface area contributed by atoms with Crippen LogP contribution in [-0.4, -0.2) is 4.57 Å². The fourth-order valence-electron chi connectivity index (χ4n) is 2.67. The van der Waals surface area contributed by atoms with E-state index in [4.69, 9.17) is 0 Å². The van der Waals surface area contributed by atoms with Crippen molar-refractivity contribution in [2.45, 2.75) is 6.92 Å². The molecule has 0 atom stereocenters. The van der Waals surface area contributed by atoms with Crippen molar-refractivity contribution in [2.24, 2.45) is 7.05 Å². The second kappa shape index (κ2) is 5.05. The number of fused-ring (bicyclic) bond motifs is 1. The van der Waals surface area contributed by atoms with Gasteiger partial charge in [0.25, 0.3) is 5.56 Å². The molecule has 0 saturated heterocycles. The first kappa shape index (κ1) is 13.4. The fourth-order valence-corrected chi connectivity index (χ4v) is 3.63. The van der Waals surface area contributed by atoms with Crippen LogP contribution in [0.5, 0.6) is 0 Å². The molecule has 0 fully saturated rings. The zero-order valence-electron chi connectivity index (χ0n) is 11.4. The number of aryl methyl sites for hydroxylation is 2. The minimum absolute atomic E-state index is 0.0613. The predicted molar refractivity (Wildman–Crippen MR) is 92.1 cm³/mol. The molecule has 0 saturated carbocycles. The lowest BCUT2D eigenvalue weighted by molar-refractivity contribution is 0.895. The van der Waals surface area contributed by atoms with Crippen molar-refractivity contribution in [3.63, 3.8) is 0 Å². The largest absolute Gasteiger partial charge is 0.310 e. The number of benzene rings is 2. The maximum atomic E-state index is 12.5. The van der Waals surface area contributed by atoms with Gasteiger partial charge in [-0.15, -0.1) is 0 Å². The van der Waals surface area contributed by atoms with E-state index in [9.17, 15) is 4.79 Å². The Hall–Kier alpha value is -1.62. The maximum absolute atomic E-state index is 12.5. The molecule has 20 heavy (non-hydrogen) atoms. The average Bonchev–Trinajstić information content (AvgIpc) is 2.46. The number of hydrogen-bond donors (Lipinski definition) is 0. The summed E-state index contributed by atoms with van der Waals surface area (Å²) >= 11 is 2.16. The topological polar surface area (TPSA) is 22.0 Å². The minimum atomic E-state index is 0.0613. The van der Waals surface area contributed by atoms with Crippen molar-refractivity contribution in [1.82, 2.24) is 4.57 Å². The van der Waals surface area contributed by atoms with Gasteiger partial charge in [0.05, 0.1) is 9.09 Å². The van der Waals surface area contributed by atoms with Crippen molar-refractivity contribution >= 4 is 33.5 Å². The lowest BCUT2D eigenvalue weighted by Crippen LogP contribution is -2.21. The first-order valence-corrected chi connectivity index (χ1v) is 7.52. The normalized spacial score (nSPS) is 10.9. The van der Waals surface area contributed by atoms with Crippen molar-refractivity contribution in [3.05, 3.63) is 68.0 Å². The quantitative estimate of drug-likeness (QED) is 0.587. The van der Waals surface area contributed by atoms with Crippen molar-refractivity contribution < 1.29 is 0 Å². The molecule has 3 heteroatoms. The molecule has 0 bridgehead atoms. The van der Waals surface area contributed by atoms with Crippen LogP contribution in [0.25, 0.3) is 22.0 Å². The Bertz CT molecular complexity index is 850. The molecule has 0 amide bonds. The third-order valence-electron chi connectivity index (χ3n) is 3.62. The van der Waals surface area contributed by atoms with Gasteiger partial charge in [0.1, 0.15) is 0 Å². The second-order valence-electron chi connectivity index (χ2n) is 4.89. The van der Waals surface area contributed by atoms with E-state index in [1.165, 1.54) is 0 Å². The molecule has 0 radical (unpaired) electrons. The standard InChI is InChI=1S/C17H14INO/c1-11-7-6-10-13-14(12-8-4-3-5-9-12)15(18)17(20)19(2)16(11)13/h3-10H,1-2H3. The summed E-state index contributed by atoms with van der Waals surface area (Å²) < 4.78 is 2.52. The van der Waals surface area contributed by atoms with Crippen LogP contribution >= 0.6 is 22.6 Å². The van der Waals surface area contributed by atoms with Gasteiger partial charge in [-0.1, -0.05) is 48.5 Å².